The minimum atomic E-state index is -0.638. The standard InChI is InChI=1S/C15H12ClFO3/c1-19-10-4-5-11(13(17)8-10)15(18)9-3-6-14(20-2)12(16)7-9/h3-8H,1-2H3. The fourth-order valence-corrected chi connectivity index (χ4v) is 2.03. The number of hydrogen-bond donors (Lipinski definition) is 0. The van der Waals surface area contributed by atoms with Gasteiger partial charge >= 0.3 is 0 Å². The summed E-state index contributed by atoms with van der Waals surface area (Å²) < 4.78 is 23.8. The predicted molar refractivity (Wildman–Crippen MR) is 74.4 cm³/mol. The highest BCUT2D eigenvalue weighted by Crippen LogP contribution is 2.27. The van der Waals surface area contributed by atoms with Crippen molar-refractivity contribution in [2.75, 3.05) is 14.2 Å². The lowest BCUT2D eigenvalue weighted by Crippen LogP contribution is -2.04. The second-order valence-corrected chi connectivity index (χ2v) is 4.43. The maximum atomic E-state index is 13.9. The van der Waals surface area contributed by atoms with Crippen molar-refractivity contribution in [1.82, 2.24) is 0 Å². The molecule has 104 valence electrons. The fourth-order valence-electron chi connectivity index (χ4n) is 1.77. The minimum absolute atomic E-state index is 0.0352. The molecule has 2 aromatic carbocycles. The summed E-state index contributed by atoms with van der Waals surface area (Å²) in [5.41, 5.74) is 0.256. The van der Waals surface area contributed by atoms with Crippen molar-refractivity contribution >= 4 is 17.4 Å². The molecule has 0 saturated carbocycles. The van der Waals surface area contributed by atoms with E-state index in [2.05, 4.69) is 0 Å². The molecule has 0 aliphatic carbocycles. The number of ketones is 1. The molecule has 0 atom stereocenters. The molecule has 0 heterocycles. The Morgan fingerprint density at radius 1 is 1.10 bits per heavy atom. The molecule has 0 amide bonds. The van der Waals surface area contributed by atoms with Gasteiger partial charge in [-0.15, -0.1) is 0 Å². The lowest BCUT2D eigenvalue weighted by Gasteiger charge is -2.07. The van der Waals surface area contributed by atoms with Crippen molar-refractivity contribution in [3.05, 3.63) is 58.4 Å². The van der Waals surface area contributed by atoms with Crippen molar-refractivity contribution in [2.45, 2.75) is 0 Å². The first-order valence-corrected chi connectivity index (χ1v) is 6.16. The van der Waals surface area contributed by atoms with Gasteiger partial charge in [0.2, 0.25) is 0 Å². The Morgan fingerprint density at radius 2 is 1.85 bits per heavy atom. The summed E-state index contributed by atoms with van der Waals surface area (Å²) in [6, 6.07) is 8.63. The molecular weight excluding hydrogens is 283 g/mol. The van der Waals surface area contributed by atoms with E-state index in [1.807, 2.05) is 0 Å². The summed E-state index contributed by atoms with van der Waals surface area (Å²) in [6.45, 7) is 0. The number of carbonyl (C=O) groups is 1. The van der Waals surface area contributed by atoms with Gasteiger partial charge in [0.1, 0.15) is 17.3 Å². The quantitative estimate of drug-likeness (QED) is 0.806. The van der Waals surface area contributed by atoms with Crippen LogP contribution in [-0.4, -0.2) is 20.0 Å². The van der Waals surface area contributed by atoms with Gasteiger partial charge in [0.05, 0.1) is 24.8 Å². The molecule has 0 radical (unpaired) electrons. The molecule has 2 aromatic rings. The number of ether oxygens (including phenoxy) is 2. The van der Waals surface area contributed by atoms with Crippen LogP contribution in [-0.2, 0) is 0 Å². The second kappa shape index (κ2) is 5.92. The zero-order valence-corrected chi connectivity index (χ0v) is 11.7. The lowest BCUT2D eigenvalue weighted by molar-refractivity contribution is 0.103. The van der Waals surface area contributed by atoms with Gasteiger partial charge in [-0.05, 0) is 30.3 Å². The molecule has 0 aromatic heterocycles. The molecule has 0 aliphatic heterocycles. The van der Waals surface area contributed by atoms with Crippen molar-refractivity contribution in [3.8, 4) is 11.5 Å². The van der Waals surface area contributed by atoms with Crippen LogP contribution in [0.15, 0.2) is 36.4 Å². The third-order valence-electron chi connectivity index (χ3n) is 2.83. The van der Waals surface area contributed by atoms with Crippen molar-refractivity contribution < 1.29 is 18.7 Å². The van der Waals surface area contributed by atoms with Crippen LogP contribution in [0, 0.1) is 5.82 Å². The largest absolute Gasteiger partial charge is 0.497 e. The Morgan fingerprint density at radius 3 is 2.40 bits per heavy atom. The predicted octanol–water partition coefficient (Wildman–Crippen LogP) is 3.73. The van der Waals surface area contributed by atoms with Gasteiger partial charge < -0.3 is 9.47 Å². The van der Waals surface area contributed by atoms with E-state index in [0.29, 0.717) is 22.1 Å². The minimum Gasteiger partial charge on any atom is -0.497 e. The molecule has 20 heavy (non-hydrogen) atoms. The Labute approximate surface area is 120 Å². The lowest BCUT2D eigenvalue weighted by atomic mass is 10.0. The summed E-state index contributed by atoms with van der Waals surface area (Å²) in [6.07, 6.45) is 0. The Bertz CT molecular complexity index is 656. The van der Waals surface area contributed by atoms with E-state index in [4.69, 9.17) is 21.1 Å². The van der Waals surface area contributed by atoms with Crippen molar-refractivity contribution in [2.24, 2.45) is 0 Å². The van der Waals surface area contributed by atoms with E-state index in [0.717, 1.165) is 0 Å². The Kier molecular flexibility index (Phi) is 4.25. The van der Waals surface area contributed by atoms with Gasteiger partial charge in [0.15, 0.2) is 5.78 Å². The van der Waals surface area contributed by atoms with Crippen LogP contribution in [0.25, 0.3) is 0 Å². The van der Waals surface area contributed by atoms with E-state index < -0.39 is 11.6 Å². The van der Waals surface area contributed by atoms with Gasteiger partial charge in [-0.25, -0.2) is 4.39 Å². The van der Waals surface area contributed by atoms with Gasteiger partial charge in [0.25, 0.3) is 0 Å². The van der Waals surface area contributed by atoms with Crippen molar-refractivity contribution in [1.29, 1.82) is 0 Å². The first-order valence-electron chi connectivity index (χ1n) is 5.78. The zero-order valence-electron chi connectivity index (χ0n) is 10.9. The maximum Gasteiger partial charge on any atom is 0.196 e. The highest BCUT2D eigenvalue weighted by atomic mass is 35.5. The number of hydrogen-bond acceptors (Lipinski definition) is 3. The highest BCUT2D eigenvalue weighted by molar-refractivity contribution is 6.32. The van der Waals surface area contributed by atoms with Crippen LogP contribution in [0.4, 0.5) is 4.39 Å². The molecular formula is C15H12ClFO3. The smallest absolute Gasteiger partial charge is 0.196 e. The van der Waals surface area contributed by atoms with E-state index in [1.165, 1.54) is 44.6 Å². The van der Waals surface area contributed by atoms with Crippen LogP contribution in [0.1, 0.15) is 15.9 Å². The maximum absolute atomic E-state index is 13.9. The summed E-state index contributed by atoms with van der Waals surface area (Å²) in [5.74, 6) is -0.277. The molecule has 0 aliphatic rings. The first kappa shape index (κ1) is 14.3. The van der Waals surface area contributed by atoms with Crippen molar-refractivity contribution in [3.63, 3.8) is 0 Å². The molecule has 0 saturated heterocycles. The van der Waals surface area contributed by atoms with Gasteiger partial charge in [-0.2, -0.15) is 0 Å². The van der Waals surface area contributed by atoms with Crippen LogP contribution in [0.3, 0.4) is 0 Å². The molecule has 0 fully saturated rings. The Balaban J connectivity index is 2.38. The number of carbonyl (C=O) groups excluding carboxylic acids is 1. The molecule has 5 heteroatoms. The van der Waals surface area contributed by atoms with E-state index in [-0.39, 0.29) is 5.56 Å². The number of methoxy groups -OCH3 is 2. The molecule has 0 spiro atoms. The monoisotopic (exact) mass is 294 g/mol. The number of rotatable bonds is 4. The van der Waals surface area contributed by atoms with E-state index in [9.17, 15) is 9.18 Å². The third-order valence-corrected chi connectivity index (χ3v) is 3.13. The Hall–Kier alpha value is -2.07. The van der Waals surface area contributed by atoms with Gasteiger partial charge in [-0.3, -0.25) is 4.79 Å². The summed E-state index contributed by atoms with van der Waals surface area (Å²) >= 11 is 5.96. The highest BCUT2D eigenvalue weighted by Gasteiger charge is 2.16. The summed E-state index contributed by atoms with van der Waals surface area (Å²) in [4.78, 5) is 12.2. The van der Waals surface area contributed by atoms with Gasteiger partial charge in [-0.1, -0.05) is 11.6 Å². The van der Waals surface area contributed by atoms with Crippen LogP contribution >= 0.6 is 11.6 Å². The molecule has 0 bridgehead atoms. The molecule has 3 nitrogen and oxygen atoms in total. The normalized spacial score (nSPS) is 10.2. The third kappa shape index (κ3) is 2.75. The average Bonchev–Trinajstić information content (AvgIpc) is 2.46. The topological polar surface area (TPSA) is 35.5 Å². The van der Waals surface area contributed by atoms with E-state index in [1.54, 1.807) is 6.07 Å². The molecule has 2 rings (SSSR count). The van der Waals surface area contributed by atoms with Crippen LogP contribution in [0.5, 0.6) is 11.5 Å². The van der Waals surface area contributed by atoms with Gasteiger partial charge in [0, 0.05) is 11.6 Å². The first-order chi connectivity index (χ1) is 9.56. The zero-order chi connectivity index (χ0) is 14.7. The fraction of sp³-hybridized carbons (Fsp3) is 0.133. The van der Waals surface area contributed by atoms with E-state index >= 15 is 0 Å². The van der Waals surface area contributed by atoms with Crippen LogP contribution < -0.4 is 9.47 Å². The molecule has 0 unspecified atom stereocenters. The molecule has 0 N–H and O–H groups in total. The SMILES string of the molecule is COc1ccc(C(=O)c2ccc(OC)c(Cl)c2)c(F)c1. The second-order valence-electron chi connectivity index (χ2n) is 4.02. The average molecular weight is 295 g/mol. The summed E-state index contributed by atoms with van der Waals surface area (Å²) in [5, 5.41) is 0.298. The van der Waals surface area contributed by atoms with Crippen LogP contribution in [0.2, 0.25) is 5.02 Å². The summed E-state index contributed by atoms with van der Waals surface area (Å²) in [7, 11) is 2.91. The number of benzene rings is 2. The number of halogens is 2.